The summed E-state index contributed by atoms with van der Waals surface area (Å²) in [7, 11) is 0. The molecule has 1 unspecified atom stereocenters. The molecule has 0 bridgehead atoms. The first-order valence-electron chi connectivity index (χ1n) is 5.99. The molecule has 0 spiro atoms. The molecule has 0 radical (unpaired) electrons. The molecule has 0 aliphatic carbocycles. The average molecular weight is 247 g/mol. The fraction of sp³-hybridized carbons (Fsp3) is 0.429. The van der Waals surface area contributed by atoms with Gasteiger partial charge >= 0.3 is 0 Å². The Labute approximate surface area is 107 Å². The molecule has 18 heavy (non-hydrogen) atoms. The molecule has 96 valence electrons. The normalized spacial score (nSPS) is 14.6. The molecule has 1 aliphatic heterocycles. The van der Waals surface area contributed by atoms with Crippen LogP contribution >= 0.6 is 0 Å². The minimum absolute atomic E-state index is 0.467. The molecule has 1 aromatic carbocycles. The van der Waals surface area contributed by atoms with Gasteiger partial charge in [-0.25, -0.2) is 0 Å². The smallest absolute Gasteiger partial charge is 0.161 e. The number of aliphatic hydroxyl groups is 1. The monoisotopic (exact) mass is 247 g/mol. The van der Waals surface area contributed by atoms with E-state index in [2.05, 4.69) is 17.2 Å². The zero-order valence-electron chi connectivity index (χ0n) is 10.4. The molecule has 2 N–H and O–H groups in total. The molecule has 2 rings (SSSR count). The van der Waals surface area contributed by atoms with E-state index in [1.807, 2.05) is 18.2 Å². The molecule has 1 heterocycles. The summed E-state index contributed by atoms with van der Waals surface area (Å²) in [4.78, 5) is 0. The van der Waals surface area contributed by atoms with Crippen LogP contribution in [0.5, 0.6) is 11.5 Å². The molecule has 1 atom stereocenters. The predicted molar refractivity (Wildman–Crippen MR) is 68.7 cm³/mol. The standard InChI is InChI=1S/C14H17NO3/c1-2-3-6-15-10-12(16)11-4-5-13-14(9-11)18-8-7-17-13/h4-5,9,12,15-16H,6-8,10H2,1H3. The first kappa shape index (κ1) is 12.7. The summed E-state index contributed by atoms with van der Waals surface area (Å²) < 4.78 is 10.9. The molecule has 4 nitrogen and oxygen atoms in total. The molecule has 4 heteroatoms. The number of nitrogens with one attached hydrogen (secondary N) is 1. The van der Waals surface area contributed by atoms with E-state index in [4.69, 9.17) is 9.47 Å². The highest BCUT2D eigenvalue weighted by Crippen LogP contribution is 2.32. The molecule has 0 saturated heterocycles. The van der Waals surface area contributed by atoms with Crippen molar-refractivity contribution < 1.29 is 14.6 Å². The van der Waals surface area contributed by atoms with Gasteiger partial charge in [-0.1, -0.05) is 12.0 Å². The second-order valence-electron chi connectivity index (χ2n) is 3.98. The van der Waals surface area contributed by atoms with E-state index < -0.39 is 6.10 Å². The molecular weight excluding hydrogens is 230 g/mol. The molecule has 0 saturated carbocycles. The van der Waals surface area contributed by atoms with Gasteiger partial charge in [0.1, 0.15) is 13.2 Å². The first-order chi connectivity index (χ1) is 8.81. The van der Waals surface area contributed by atoms with Crippen LogP contribution in [0.4, 0.5) is 0 Å². The summed E-state index contributed by atoms with van der Waals surface area (Å²) in [6.45, 7) is 3.97. The minimum Gasteiger partial charge on any atom is -0.486 e. The van der Waals surface area contributed by atoms with E-state index in [9.17, 15) is 5.11 Å². The largest absolute Gasteiger partial charge is 0.486 e. The number of benzene rings is 1. The number of rotatable bonds is 4. The van der Waals surface area contributed by atoms with Gasteiger partial charge in [0.15, 0.2) is 11.5 Å². The van der Waals surface area contributed by atoms with E-state index in [0.29, 0.717) is 32.1 Å². The van der Waals surface area contributed by atoms with Crippen LogP contribution in [0.3, 0.4) is 0 Å². The van der Waals surface area contributed by atoms with Gasteiger partial charge in [0.05, 0.1) is 12.6 Å². The maximum atomic E-state index is 10.0. The highest BCUT2D eigenvalue weighted by molar-refractivity contribution is 5.44. The summed E-state index contributed by atoms with van der Waals surface area (Å²) in [5.74, 6) is 7.12. The van der Waals surface area contributed by atoms with Crippen LogP contribution < -0.4 is 14.8 Å². The third-order valence-electron chi connectivity index (χ3n) is 2.68. The minimum atomic E-state index is -0.570. The second-order valence-corrected chi connectivity index (χ2v) is 3.98. The van der Waals surface area contributed by atoms with E-state index in [0.717, 1.165) is 11.3 Å². The van der Waals surface area contributed by atoms with Crippen LogP contribution in [-0.2, 0) is 0 Å². The van der Waals surface area contributed by atoms with Crippen molar-refractivity contribution in [2.24, 2.45) is 0 Å². The molecular formula is C14H17NO3. The summed E-state index contributed by atoms with van der Waals surface area (Å²) in [6, 6.07) is 5.51. The van der Waals surface area contributed by atoms with Crippen molar-refractivity contribution in [3.05, 3.63) is 23.8 Å². The zero-order chi connectivity index (χ0) is 12.8. The van der Waals surface area contributed by atoms with Crippen LogP contribution in [0.15, 0.2) is 18.2 Å². The van der Waals surface area contributed by atoms with E-state index in [-0.39, 0.29) is 0 Å². The average Bonchev–Trinajstić information content (AvgIpc) is 2.43. The lowest BCUT2D eigenvalue weighted by atomic mass is 10.1. The van der Waals surface area contributed by atoms with Crippen LogP contribution in [-0.4, -0.2) is 31.4 Å². The fourth-order valence-electron chi connectivity index (χ4n) is 1.74. The summed E-state index contributed by atoms with van der Waals surface area (Å²) in [5.41, 5.74) is 0.816. The number of ether oxygens (including phenoxy) is 2. The quantitative estimate of drug-likeness (QED) is 0.618. The van der Waals surface area contributed by atoms with Gasteiger partial charge in [0.2, 0.25) is 0 Å². The Kier molecular flexibility index (Phi) is 4.46. The fourth-order valence-corrected chi connectivity index (χ4v) is 1.74. The Balaban J connectivity index is 1.96. The predicted octanol–water partition coefficient (Wildman–Crippen LogP) is 1.10. The summed E-state index contributed by atoms with van der Waals surface area (Å²) in [5, 5.41) is 13.1. The van der Waals surface area contributed by atoms with Gasteiger partial charge in [-0.3, -0.25) is 0 Å². The van der Waals surface area contributed by atoms with E-state index in [1.54, 1.807) is 6.92 Å². The van der Waals surface area contributed by atoms with Crippen molar-refractivity contribution in [3.8, 4) is 23.3 Å². The Morgan fingerprint density at radius 1 is 1.33 bits per heavy atom. The Morgan fingerprint density at radius 2 is 2.11 bits per heavy atom. The van der Waals surface area contributed by atoms with Crippen LogP contribution in [0, 0.1) is 11.8 Å². The number of fused-ring (bicyclic) bond motifs is 1. The van der Waals surface area contributed by atoms with Gasteiger partial charge in [-0.05, 0) is 24.6 Å². The topological polar surface area (TPSA) is 50.7 Å². The molecule has 0 fully saturated rings. The third kappa shape index (κ3) is 3.16. The van der Waals surface area contributed by atoms with Crippen molar-refractivity contribution in [3.63, 3.8) is 0 Å². The van der Waals surface area contributed by atoms with Crippen molar-refractivity contribution >= 4 is 0 Å². The second kappa shape index (κ2) is 6.29. The van der Waals surface area contributed by atoms with Crippen LogP contribution in [0.1, 0.15) is 18.6 Å². The number of hydrogen-bond acceptors (Lipinski definition) is 4. The number of aliphatic hydroxyl groups excluding tert-OH is 1. The Morgan fingerprint density at radius 3 is 2.89 bits per heavy atom. The van der Waals surface area contributed by atoms with Gasteiger partial charge in [-0.15, -0.1) is 5.92 Å². The van der Waals surface area contributed by atoms with Gasteiger partial charge in [-0.2, -0.15) is 0 Å². The molecule has 1 aromatic rings. The van der Waals surface area contributed by atoms with E-state index in [1.165, 1.54) is 0 Å². The van der Waals surface area contributed by atoms with Crippen molar-refractivity contribution in [2.75, 3.05) is 26.3 Å². The van der Waals surface area contributed by atoms with Crippen molar-refractivity contribution in [1.29, 1.82) is 0 Å². The lowest BCUT2D eigenvalue weighted by Crippen LogP contribution is -2.22. The maximum absolute atomic E-state index is 10.0. The van der Waals surface area contributed by atoms with E-state index >= 15 is 0 Å². The first-order valence-corrected chi connectivity index (χ1v) is 5.99. The molecule has 0 aromatic heterocycles. The van der Waals surface area contributed by atoms with Gasteiger partial charge in [0.25, 0.3) is 0 Å². The lowest BCUT2D eigenvalue weighted by molar-refractivity contribution is 0.164. The maximum Gasteiger partial charge on any atom is 0.161 e. The molecule has 1 aliphatic rings. The number of hydrogen-bond donors (Lipinski definition) is 2. The zero-order valence-corrected chi connectivity index (χ0v) is 10.4. The van der Waals surface area contributed by atoms with Crippen molar-refractivity contribution in [2.45, 2.75) is 13.0 Å². The van der Waals surface area contributed by atoms with Crippen LogP contribution in [0.2, 0.25) is 0 Å². The lowest BCUT2D eigenvalue weighted by Gasteiger charge is -2.20. The Hall–Kier alpha value is -1.70. The van der Waals surface area contributed by atoms with Crippen LogP contribution in [0.25, 0.3) is 0 Å². The van der Waals surface area contributed by atoms with Gasteiger partial charge in [0, 0.05) is 6.54 Å². The summed E-state index contributed by atoms with van der Waals surface area (Å²) in [6.07, 6.45) is -0.570. The Bertz CT molecular complexity index is 462. The third-order valence-corrected chi connectivity index (χ3v) is 2.68. The molecule has 0 amide bonds. The van der Waals surface area contributed by atoms with Crippen molar-refractivity contribution in [1.82, 2.24) is 5.32 Å². The summed E-state index contributed by atoms with van der Waals surface area (Å²) >= 11 is 0. The highest BCUT2D eigenvalue weighted by Gasteiger charge is 2.14. The SMILES string of the molecule is CC#CCNCC(O)c1ccc2c(c1)OCCO2. The highest BCUT2D eigenvalue weighted by atomic mass is 16.6. The van der Waals surface area contributed by atoms with Gasteiger partial charge < -0.3 is 19.9 Å².